The third-order valence-corrected chi connectivity index (χ3v) is 7.24. The lowest BCUT2D eigenvalue weighted by Crippen LogP contribution is -2.41. The zero-order chi connectivity index (χ0) is 25.1. The highest BCUT2D eigenvalue weighted by Crippen LogP contribution is 2.32. The molecule has 2 aromatic carbocycles. The van der Waals surface area contributed by atoms with Gasteiger partial charge in [0.2, 0.25) is 5.91 Å². The quantitative estimate of drug-likeness (QED) is 0.485. The Bertz CT molecular complexity index is 1230. The molecule has 2 heterocycles. The minimum atomic E-state index is -0.281. The minimum absolute atomic E-state index is 0.0477. The van der Waals surface area contributed by atoms with Crippen molar-refractivity contribution in [2.75, 3.05) is 38.7 Å². The highest BCUT2D eigenvalue weighted by Gasteiger charge is 2.29. The first-order chi connectivity index (χ1) is 17.5. The van der Waals surface area contributed by atoms with E-state index in [0.29, 0.717) is 29.2 Å². The Morgan fingerprint density at radius 3 is 2.61 bits per heavy atom. The number of hydrogen-bond donors (Lipinski definition) is 1. The maximum absolute atomic E-state index is 13.9. The largest absolute Gasteiger partial charge is 0.376 e. The molecular weight excluding hydrogens is 456 g/mol. The Labute approximate surface area is 211 Å². The second-order valence-electron chi connectivity index (χ2n) is 9.88. The number of ether oxygens (including phenoxy) is 2. The monoisotopic (exact) mass is 490 g/mol. The van der Waals surface area contributed by atoms with Crippen LogP contribution in [-0.4, -0.2) is 65.8 Å². The van der Waals surface area contributed by atoms with Crippen molar-refractivity contribution in [2.24, 2.45) is 13.0 Å². The first-order valence-corrected chi connectivity index (χ1v) is 12.8. The number of aromatic nitrogens is 2. The molecule has 8 heteroatoms. The third-order valence-electron chi connectivity index (χ3n) is 7.24. The number of aryl methyl sites for hydroxylation is 1. The second-order valence-corrected chi connectivity index (χ2v) is 9.88. The van der Waals surface area contributed by atoms with E-state index in [4.69, 9.17) is 14.5 Å². The molecule has 1 saturated heterocycles. The van der Waals surface area contributed by atoms with Crippen LogP contribution in [0.25, 0.3) is 22.4 Å². The molecule has 190 valence electrons. The predicted molar refractivity (Wildman–Crippen MR) is 139 cm³/mol. The van der Waals surface area contributed by atoms with E-state index in [9.17, 15) is 9.59 Å². The molecule has 1 aliphatic carbocycles. The number of methoxy groups -OCH3 is 1. The summed E-state index contributed by atoms with van der Waals surface area (Å²) in [6, 6.07) is 13.5. The van der Waals surface area contributed by atoms with Crippen molar-refractivity contribution in [1.82, 2.24) is 14.5 Å². The van der Waals surface area contributed by atoms with Crippen LogP contribution in [0, 0.1) is 5.92 Å². The van der Waals surface area contributed by atoms with Gasteiger partial charge in [-0.1, -0.05) is 36.8 Å². The summed E-state index contributed by atoms with van der Waals surface area (Å²) in [4.78, 5) is 33.2. The van der Waals surface area contributed by atoms with Gasteiger partial charge >= 0.3 is 0 Å². The van der Waals surface area contributed by atoms with E-state index in [0.717, 1.165) is 55.7 Å². The van der Waals surface area contributed by atoms with E-state index < -0.39 is 0 Å². The average molecular weight is 491 g/mol. The van der Waals surface area contributed by atoms with Crippen LogP contribution in [0.2, 0.25) is 0 Å². The number of anilines is 1. The highest BCUT2D eigenvalue weighted by molar-refractivity contribution is 6.06. The molecule has 2 fully saturated rings. The fourth-order valence-corrected chi connectivity index (χ4v) is 5.18. The number of nitrogens with one attached hydrogen (secondary N) is 1. The number of benzene rings is 2. The molecule has 0 bridgehead atoms. The number of hydrogen-bond acceptors (Lipinski definition) is 5. The van der Waals surface area contributed by atoms with Crippen molar-refractivity contribution >= 4 is 28.5 Å². The van der Waals surface area contributed by atoms with E-state index >= 15 is 0 Å². The number of amides is 2. The summed E-state index contributed by atoms with van der Waals surface area (Å²) < 4.78 is 12.8. The van der Waals surface area contributed by atoms with Gasteiger partial charge < -0.3 is 24.3 Å². The molecule has 8 nitrogen and oxygen atoms in total. The molecule has 2 aliphatic rings. The van der Waals surface area contributed by atoms with Gasteiger partial charge in [0.1, 0.15) is 12.4 Å². The van der Waals surface area contributed by atoms with Crippen molar-refractivity contribution in [2.45, 2.75) is 38.2 Å². The van der Waals surface area contributed by atoms with Crippen LogP contribution >= 0.6 is 0 Å². The van der Waals surface area contributed by atoms with Gasteiger partial charge in [-0.25, -0.2) is 4.98 Å². The van der Waals surface area contributed by atoms with Crippen LogP contribution in [-0.2, 0) is 21.3 Å². The number of rotatable bonds is 9. The smallest absolute Gasteiger partial charge is 0.254 e. The molecule has 0 spiro atoms. The third kappa shape index (κ3) is 5.15. The molecule has 1 saturated carbocycles. The van der Waals surface area contributed by atoms with Gasteiger partial charge in [-0.2, -0.15) is 0 Å². The molecule has 1 N–H and O–H groups in total. The minimum Gasteiger partial charge on any atom is -0.376 e. The number of nitrogens with zero attached hydrogens (tertiary/aromatic N) is 3. The number of carbonyl (C=O) groups excluding carboxylic acids is 2. The highest BCUT2D eigenvalue weighted by atomic mass is 16.5. The van der Waals surface area contributed by atoms with Crippen LogP contribution in [0.4, 0.5) is 5.69 Å². The summed E-state index contributed by atoms with van der Waals surface area (Å²) in [5.74, 6) is 0.979. The molecule has 3 aromatic rings. The normalized spacial score (nSPS) is 17.8. The van der Waals surface area contributed by atoms with Gasteiger partial charge in [-0.15, -0.1) is 0 Å². The Hall–Kier alpha value is -3.23. The Kier molecular flexibility index (Phi) is 7.34. The fraction of sp³-hybridized carbons (Fsp3) is 0.464. The Morgan fingerprint density at radius 1 is 1.14 bits per heavy atom. The van der Waals surface area contributed by atoms with Crippen molar-refractivity contribution in [1.29, 1.82) is 0 Å². The molecule has 1 aliphatic heterocycles. The van der Waals surface area contributed by atoms with Crippen molar-refractivity contribution in [3.63, 3.8) is 0 Å². The molecule has 5 rings (SSSR count). The van der Waals surface area contributed by atoms with E-state index in [-0.39, 0.29) is 24.5 Å². The van der Waals surface area contributed by atoms with Gasteiger partial charge in [0.15, 0.2) is 0 Å². The van der Waals surface area contributed by atoms with Gasteiger partial charge in [0, 0.05) is 45.0 Å². The molecule has 1 aromatic heterocycles. The second kappa shape index (κ2) is 10.8. The van der Waals surface area contributed by atoms with E-state index in [1.807, 2.05) is 52.9 Å². The summed E-state index contributed by atoms with van der Waals surface area (Å²) in [7, 11) is 3.40. The topological polar surface area (TPSA) is 85.7 Å². The van der Waals surface area contributed by atoms with E-state index in [1.54, 1.807) is 6.07 Å². The maximum atomic E-state index is 13.9. The van der Waals surface area contributed by atoms with Crippen LogP contribution in [0.5, 0.6) is 0 Å². The molecule has 2 amide bonds. The first-order valence-electron chi connectivity index (χ1n) is 12.8. The maximum Gasteiger partial charge on any atom is 0.254 e. The van der Waals surface area contributed by atoms with E-state index in [2.05, 4.69) is 5.32 Å². The van der Waals surface area contributed by atoms with Crippen LogP contribution in [0.3, 0.4) is 0 Å². The van der Waals surface area contributed by atoms with E-state index in [1.165, 1.54) is 13.5 Å². The summed E-state index contributed by atoms with van der Waals surface area (Å²) >= 11 is 0. The summed E-state index contributed by atoms with van der Waals surface area (Å²) in [6.45, 7) is 2.01. The predicted octanol–water partition coefficient (Wildman–Crippen LogP) is 4.25. The SMILES string of the molecule is COCC(=O)Nc1cc(C(=O)N(CC2CCC2)CC2CCCO2)cc2nc(-c3ccccc3)n(C)c12. The molecular formula is C28H34N4O4. The molecule has 0 radical (unpaired) electrons. The van der Waals surface area contributed by atoms with Gasteiger partial charge in [-0.05, 0) is 43.7 Å². The number of fused-ring (bicyclic) bond motifs is 1. The van der Waals surface area contributed by atoms with Crippen molar-refractivity contribution < 1.29 is 19.1 Å². The van der Waals surface area contributed by atoms with Gasteiger partial charge in [0.25, 0.3) is 5.91 Å². The van der Waals surface area contributed by atoms with Crippen molar-refractivity contribution in [3.05, 3.63) is 48.0 Å². The number of imidazole rings is 1. The zero-order valence-electron chi connectivity index (χ0n) is 21.0. The fourth-order valence-electron chi connectivity index (χ4n) is 5.18. The van der Waals surface area contributed by atoms with Gasteiger partial charge in [0.05, 0.1) is 22.8 Å². The molecule has 1 atom stereocenters. The first kappa shape index (κ1) is 24.5. The van der Waals surface area contributed by atoms with Crippen LogP contribution in [0.15, 0.2) is 42.5 Å². The number of carbonyl (C=O) groups is 2. The standard InChI is InChI=1S/C28H34N4O4/c1-31-26-23(29-25(33)18-35-2)14-21(15-24(26)30-27(31)20-10-4-3-5-11-20)28(34)32(16-19-8-6-9-19)17-22-12-7-13-36-22/h3-5,10-11,14-15,19,22H,6-9,12-13,16-18H2,1-2H3,(H,29,33). The Balaban J connectivity index is 1.54. The van der Waals surface area contributed by atoms with Crippen LogP contribution < -0.4 is 5.32 Å². The summed E-state index contributed by atoms with van der Waals surface area (Å²) in [6.07, 6.45) is 5.64. The van der Waals surface area contributed by atoms with Gasteiger partial charge in [-0.3, -0.25) is 9.59 Å². The molecule has 36 heavy (non-hydrogen) atoms. The lowest BCUT2D eigenvalue weighted by atomic mass is 9.85. The Morgan fingerprint density at radius 2 is 1.94 bits per heavy atom. The summed E-state index contributed by atoms with van der Waals surface area (Å²) in [5, 5.41) is 2.94. The zero-order valence-corrected chi connectivity index (χ0v) is 21.0. The lowest BCUT2D eigenvalue weighted by Gasteiger charge is -2.33. The van der Waals surface area contributed by atoms with Crippen LogP contribution in [0.1, 0.15) is 42.5 Å². The molecule has 1 unspecified atom stereocenters. The summed E-state index contributed by atoms with van der Waals surface area (Å²) in [5.41, 5.74) is 3.46. The van der Waals surface area contributed by atoms with Crippen molar-refractivity contribution in [3.8, 4) is 11.4 Å². The lowest BCUT2D eigenvalue weighted by molar-refractivity contribution is -0.119. The average Bonchev–Trinajstić information content (AvgIpc) is 3.48.